The van der Waals surface area contributed by atoms with E-state index in [0.29, 0.717) is 25.7 Å². The van der Waals surface area contributed by atoms with Crippen LogP contribution in [0.2, 0.25) is 0 Å². The van der Waals surface area contributed by atoms with Crippen LogP contribution >= 0.6 is 15.8 Å². The fraction of sp³-hybridized carbons (Fsp3) is 0.722. The number of rotatable bonds is 33. The van der Waals surface area contributed by atoms with E-state index in [-0.39, 0.29) is 15.8 Å². The molecule has 0 unspecified atom stereocenters. The van der Waals surface area contributed by atoms with Crippen LogP contribution in [-0.2, 0) is 19.2 Å². The molecule has 0 saturated heterocycles. The number of benzene rings is 1. The summed E-state index contributed by atoms with van der Waals surface area (Å²) in [4.78, 5) is 45.6. The largest absolute Gasteiger partial charge is 0.363 e. The lowest BCUT2D eigenvalue weighted by Gasteiger charge is -2.34. The van der Waals surface area contributed by atoms with Gasteiger partial charge in [0.05, 0.1) is 0 Å². The molecule has 1 rings (SSSR count). The fourth-order valence-electron chi connectivity index (χ4n) is 5.50. The Morgan fingerprint density at radius 3 is 1.02 bits per heavy atom. The number of unbranched alkanes of at least 4 members (excludes halogenated alkanes) is 16. The number of hydrogen-bond acceptors (Lipinski definition) is 5. The molecule has 7 heteroatoms. The lowest BCUT2D eigenvalue weighted by Crippen LogP contribution is -2.26. The van der Waals surface area contributed by atoms with Crippen molar-refractivity contribution in [1.29, 1.82) is 0 Å². The average Bonchev–Trinajstić information content (AvgIpc) is 3.03. The minimum Gasteiger partial charge on any atom is -0.363 e. The molecule has 0 heterocycles. The molecule has 0 aliphatic heterocycles. The van der Waals surface area contributed by atoms with Gasteiger partial charge in [0.25, 0.3) is 0 Å². The Balaban J connectivity index is 2.88. The van der Waals surface area contributed by atoms with E-state index in [1.165, 1.54) is 94.3 Å². The van der Waals surface area contributed by atoms with E-state index in [9.17, 15) is 19.2 Å². The highest BCUT2D eigenvalue weighted by molar-refractivity contribution is 7.58. The molecule has 0 saturated carbocycles. The van der Waals surface area contributed by atoms with E-state index in [1.54, 1.807) is 0 Å². The van der Waals surface area contributed by atoms with Crippen LogP contribution in [0.5, 0.6) is 0 Å². The molecule has 43 heavy (non-hydrogen) atoms. The third kappa shape index (κ3) is 23.6. The lowest BCUT2D eigenvalue weighted by atomic mass is 10.2. The molecule has 0 aliphatic carbocycles. The highest BCUT2D eigenvalue weighted by atomic mass is 31.1. The summed E-state index contributed by atoms with van der Waals surface area (Å²) >= 11 is 0. The first-order chi connectivity index (χ1) is 21.2. The second kappa shape index (κ2) is 30.6. The zero-order valence-corrected chi connectivity index (χ0v) is 28.8. The van der Waals surface area contributed by atoms with Crippen molar-refractivity contribution in [2.45, 2.75) is 128 Å². The van der Waals surface area contributed by atoms with Crippen molar-refractivity contribution in [3.05, 3.63) is 30.3 Å². The van der Waals surface area contributed by atoms with Crippen LogP contribution in [0.4, 0.5) is 5.69 Å². The first-order valence-corrected chi connectivity index (χ1v) is 21.0. The molecule has 0 atom stereocenters. The van der Waals surface area contributed by atoms with Crippen molar-refractivity contribution >= 4 is 46.7 Å². The van der Waals surface area contributed by atoms with Gasteiger partial charge in [-0.1, -0.05) is 85.4 Å². The zero-order valence-electron chi connectivity index (χ0n) is 27.1. The smallest absolute Gasteiger partial charge is 0.119 e. The van der Waals surface area contributed by atoms with E-state index < -0.39 is 0 Å². The maximum absolute atomic E-state index is 10.7. The SMILES string of the molecule is O=CCCCCCCP(CCCCCCC=O)CN(CP(CCCCCCC=O)CCCCCCC=O)c1ccccc1. The molecular weight excluding hydrogens is 572 g/mol. The molecule has 244 valence electrons. The van der Waals surface area contributed by atoms with Gasteiger partial charge in [-0.25, -0.2) is 0 Å². The molecule has 0 aliphatic rings. The second-order valence-corrected chi connectivity index (χ2v) is 16.9. The monoisotopic (exact) mass is 633 g/mol. The van der Waals surface area contributed by atoms with E-state index in [2.05, 4.69) is 35.2 Å². The molecule has 0 amide bonds. The maximum atomic E-state index is 10.7. The van der Waals surface area contributed by atoms with E-state index in [0.717, 1.165) is 76.5 Å². The second-order valence-electron chi connectivity index (χ2n) is 11.9. The topological polar surface area (TPSA) is 71.5 Å². The van der Waals surface area contributed by atoms with Gasteiger partial charge in [-0.3, -0.25) is 0 Å². The number of para-hydroxylation sites is 1. The number of carbonyl (C=O) groups is 4. The van der Waals surface area contributed by atoms with Crippen LogP contribution in [0, 0.1) is 0 Å². The number of carbonyl (C=O) groups excluding carboxylic acids is 4. The third-order valence-electron chi connectivity index (χ3n) is 8.05. The predicted molar refractivity (Wildman–Crippen MR) is 189 cm³/mol. The third-order valence-corrected chi connectivity index (χ3v) is 13.3. The summed E-state index contributed by atoms with van der Waals surface area (Å²) in [6.07, 6.45) is 33.1. The number of anilines is 1. The molecule has 0 aromatic heterocycles. The molecule has 1 aromatic rings. The van der Waals surface area contributed by atoms with Crippen LogP contribution in [0.1, 0.15) is 128 Å². The van der Waals surface area contributed by atoms with Gasteiger partial charge in [0, 0.05) is 43.9 Å². The Bertz CT molecular complexity index is 709. The molecule has 0 N–H and O–H groups in total. The molecular formula is C36H61NO4P2. The van der Waals surface area contributed by atoms with Gasteiger partial charge in [0.15, 0.2) is 0 Å². The quantitative estimate of drug-likeness (QED) is 0.0438. The van der Waals surface area contributed by atoms with Crippen LogP contribution < -0.4 is 4.90 Å². The van der Waals surface area contributed by atoms with Gasteiger partial charge in [-0.05, 0) is 88.1 Å². The van der Waals surface area contributed by atoms with E-state index in [4.69, 9.17) is 0 Å². The predicted octanol–water partition coefficient (Wildman–Crippen LogP) is 9.97. The molecule has 0 radical (unpaired) electrons. The average molecular weight is 634 g/mol. The highest BCUT2D eigenvalue weighted by Crippen LogP contribution is 2.45. The highest BCUT2D eigenvalue weighted by Gasteiger charge is 2.19. The van der Waals surface area contributed by atoms with Gasteiger partial charge in [-0.15, -0.1) is 0 Å². The number of hydrogen-bond donors (Lipinski definition) is 0. The summed E-state index contributed by atoms with van der Waals surface area (Å²) < 4.78 is 0. The molecule has 0 fully saturated rings. The van der Waals surface area contributed by atoms with Crippen LogP contribution in [0.3, 0.4) is 0 Å². The summed E-state index contributed by atoms with van der Waals surface area (Å²) in [6.45, 7) is 0. The minimum atomic E-state index is -0.118. The van der Waals surface area contributed by atoms with Gasteiger partial charge in [-0.2, -0.15) is 0 Å². The van der Waals surface area contributed by atoms with Crippen molar-refractivity contribution in [2.24, 2.45) is 0 Å². The van der Waals surface area contributed by atoms with Crippen LogP contribution in [0.15, 0.2) is 30.3 Å². The summed E-state index contributed by atoms with van der Waals surface area (Å²) in [5, 5.41) is 0. The Hall–Kier alpha value is -1.44. The maximum Gasteiger partial charge on any atom is 0.119 e. The number of aldehydes is 4. The molecule has 0 spiro atoms. The lowest BCUT2D eigenvalue weighted by molar-refractivity contribution is -0.108. The van der Waals surface area contributed by atoms with Crippen molar-refractivity contribution in [1.82, 2.24) is 0 Å². The first kappa shape index (κ1) is 39.6. The minimum absolute atomic E-state index is 0.118. The van der Waals surface area contributed by atoms with Crippen molar-refractivity contribution in [2.75, 3.05) is 42.1 Å². The van der Waals surface area contributed by atoms with Crippen molar-refractivity contribution < 1.29 is 19.2 Å². The Morgan fingerprint density at radius 1 is 0.419 bits per heavy atom. The Kier molecular flexibility index (Phi) is 28.2. The fourth-order valence-corrected chi connectivity index (χ4v) is 10.8. The van der Waals surface area contributed by atoms with Crippen LogP contribution in [0.25, 0.3) is 0 Å². The van der Waals surface area contributed by atoms with Gasteiger partial charge < -0.3 is 24.1 Å². The zero-order chi connectivity index (χ0) is 31.1. The first-order valence-electron chi connectivity index (χ1n) is 17.2. The molecule has 5 nitrogen and oxygen atoms in total. The molecule has 0 bridgehead atoms. The van der Waals surface area contributed by atoms with Gasteiger partial charge in [0.1, 0.15) is 25.1 Å². The number of nitrogens with zero attached hydrogens (tertiary/aromatic N) is 1. The van der Waals surface area contributed by atoms with Crippen molar-refractivity contribution in [3.8, 4) is 0 Å². The summed E-state index contributed by atoms with van der Waals surface area (Å²) in [5.41, 5.74) is 1.36. The normalized spacial score (nSPS) is 11.2. The summed E-state index contributed by atoms with van der Waals surface area (Å²) in [5.74, 6) is 0. The Labute approximate surface area is 266 Å². The van der Waals surface area contributed by atoms with Crippen molar-refractivity contribution in [3.63, 3.8) is 0 Å². The summed E-state index contributed by atoms with van der Waals surface area (Å²) in [7, 11) is -0.236. The van der Waals surface area contributed by atoms with E-state index in [1.807, 2.05) is 0 Å². The molecule has 1 aromatic carbocycles. The van der Waals surface area contributed by atoms with E-state index >= 15 is 0 Å². The standard InChI is InChI=1S/C36H61NO4P2/c38-26-16-5-1-9-20-30-42(31-21-10-2-6-17-27-39)34-37(36-24-14-13-15-25-36)35-43(32-22-11-3-7-18-28-40)33-23-12-4-8-19-29-41/h13-15,24-29H,1-12,16-23,30-35H2. The Morgan fingerprint density at radius 2 is 0.721 bits per heavy atom. The van der Waals surface area contributed by atoms with Gasteiger partial charge in [0.2, 0.25) is 0 Å². The summed E-state index contributed by atoms with van der Waals surface area (Å²) in [6, 6.07) is 11.0. The van der Waals surface area contributed by atoms with Crippen LogP contribution in [-0.4, -0.2) is 62.4 Å². The van der Waals surface area contributed by atoms with Gasteiger partial charge >= 0.3 is 0 Å².